The van der Waals surface area contributed by atoms with Crippen molar-refractivity contribution in [3.8, 4) is 0 Å². The summed E-state index contributed by atoms with van der Waals surface area (Å²) in [4.78, 5) is 0. The third kappa shape index (κ3) is 7.21. The summed E-state index contributed by atoms with van der Waals surface area (Å²) in [6, 6.07) is 5.31. The van der Waals surface area contributed by atoms with Crippen LogP contribution in [0.15, 0.2) is 12.1 Å². The molecule has 0 atom stereocenters. The minimum absolute atomic E-state index is 0.0403. The molecular weight excluding hydrogens is 592 g/mol. The van der Waals surface area contributed by atoms with Crippen LogP contribution in [0, 0.1) is 0 Å². The Morgan fingerprint density at radius 2 is 0.700 bits per heavy atom. The molecule has 0 saturated carbocycles. The van der Waals surface area contributed by atoms with Crippen LogP contribution in [0.3, 0.4) is 0 Å². The Morgan fingerprint density at radius 1 is 0.450 bits per heavy atom. The van der Waals surface area contributed by atoms with Crippen molar-refractivity contribution in [2.24, 2.45) is 0 Å². The Hall–Kier alpha value is 0.429. The first-order valence-corrected chi connectivity index (χ1v) is 28.1. The van der Waals surface area contributed by atoms with Crippen LogP contribution in [0.2, 0.25) is 33.2 Å². The van der Waals surface area contributed by atoms with E-state index in [2.05, 4.69) is 171 Å². The topological polar surface area (TPSA) is 0 Å². The van der Waals surface area contributed by atoms with Gasteiger partial charge in [0.25, 0.3) is 0 Å². The van der Waals surface area contributed by atoms with Crippen molar-refractivity contribution < 1.29 is 0 Å². The molecule has 0 spiro atoms. The van der Waals surface area contributed by atoms with Crippen LogP contribution in [0.4, 0.5) is 0 Å². The molecule has 0 radical (unpaired) electrons. The van der Waals surface area contributed by atoms with Crippen LogP contribution in [0.25, 0.3) is 0 Å². The molecule has 0 aliphatic rings. The first kappa shape index (κ1) is 38.5. The number of hydrogen-bond acceptors (Lipinski definition) is 0. The third-order valence-corrected chi connectivity index (χ3v) is 73.0. The summed E-state index contributed by atoms with van der Waals surface area (Å²) in [5, 5.41) is 1.42. The molecule has 1 rings (SSSR count). The van der Waals surface area contributed by atoms with E-state index in [0.29, 0.717) is 20.2 Å². The molecule has 0 fully saturated rings. The van der Waals surface area contributed by atoms with E-state index in [0.717, 1.165) is 0 Å². The van der Waals surface area contributed by atoms with Gasteiger partial charge in [0.05, 0.1) is 0 Å². The normalized spacial score (nSPS) is 15.6. The van der Waals surface area contributed by atoms with Gasteiger partial charge in [0.2, 0.25) is 0 Å². The van der Waals surface area contributed by atoms with Gasteiger partial charge in [0.15, 0.2) is 0 Å². The van der Waals surface area contributed by atoms with Crippen molar-refractivity contribution >= 4 is 40.0 Å². The van der Waals surface area contributed by atoms with Gasteiger partial charge >= 0.3 is 264 Å². The van der Waals surface area contributed by atoms with E-state index in [4.69, 9.17) is 0 Å². The van der Waals surface area contributed by atoms with E-state index in [-0.39, 0.29) is 30.8 Å². The van der Waals surface area contributed by atoms with Gasteiger partial charge in [-0.15, -0.1) is 0 Å². The van der Waals surface area contributed by atoms with Gasteiger partial charge in [0, 0.05) is 0 Å². The van der Waals surface area contributed by atoms with E-state index in [1.54, 1.807) is 11.1 Å². The molecule has 0 nitrogen and oxygen atoms in total. The summed E-state index contributed by atoms with van der Waals surface area (Å²) in [7, 11) is -3.66. The molecule has 1 aromatic rings. The van der Waals surface area contributed by atoms with Gasteiger partial charge in [-0.1, -0.05) is 0 Å². The summed E-state index contributed by atoms with van der Waals surface area (Å²) in [5.41, 5.74) is 5.23. The predicted octanol–water partition coefficient (Wildman–Crippen LogP) is 11.4. The summed E-state index contributed by atoms with van der Waals surface area (Å²) in [6.45, 7) is 59.4. The van der Waals surface area contributed by atoms with Gasteiger partial charge in [-0.3, -0.25) is 0 Å². The first-order chi connectivity index (χ1) is 17.1. The predicted molar refractivity (Wildman–Crippen MR) is 196 cm³/mol. The minimum atomic E-state index is -1.83. The average molecular weight is 663 g/mol. The summed E-state index contributed by atoms with van der Waals surface area (Å²) < 4.78 is 1.82. The number of hydrogen-bond donors (Lipinski definition) is 0. The average Bonchev–Trinajstić information content (AvgIpc) is 2.64. The summed E-state index contributed by atoms with van der Waals surface area (Å²) in [6.07, 6.45) is 0. The second-order valence-electron chi connectivity index (χ2n) is 20.4. The van der Waals surface area contributed by atoms with E-state index >= 15 is 0 Å². The second-order valence-corrected chi connectivity index (χ2v) is 52.9. The Bertz CT molecular complexity index is 987. The van der Waals surface area contributed by atoms with Crippen molar-refractivity contribution in [3.63, 3.8) is 0 Å². The van der Waals surface area contributed by atoms with E-state index in [1.165, 1.54) is 5.56 Å². The Labute approximate surface area is 262 Å². The number of rotatable bonds is 3. The van der Waals surface area contributed by atoms with E-state index in [9.17, 15) is 0 Å². The van der Waals surface area contributed by atoms with Crippen molar-refractivity contribution in [3.05, 3.63) is 28.8 Å². The first-order valence-electron chi connectivity index (χ1n) is 15.9. The third-order valence-electron chi connectivity index (χ3n) is 10.8. The van der Waals surface area contributed by atoms with Crippen molar-refractivity contribution in [2.45, 2.75) is 195 Å². The molecular formula is C36H71AsSi3. The van der Waals surface area contributed by atoms with Crippen molar-refractivity contribution in [2.75, 3.05) is 0 Å². The zero-order valence-corrected chi connectivity index (χ0v) is 36.5. The van der Waals surface area contributed by atoms with Crippen LogP contribution >= 0.6 is 0 Å². The molecule has 1 aromatic carbocycles. The van der Waals surface area contributed by atoms with Crippen LogP contribution in [-0.4, -0.2) is 35.6 Å². The SMILES string of the molecule is CC(C)(C)c1cc(C(C)(C)C)c([As]=[Si]([Si](C)(C(C)(C)C)C(C)(C)C)[Si](C)(C(C)(C)C)C(C)(C)C)c(C(C)(C)C)c1. The fourth-order valence-electron chi connectivity index (χ4n) is 6.84. The molecule has 0 bridgehead atoms. The molecule has 0 aliphatic heterocycles. The zero-order valence-electron chi connectivity index (χ0n) is 31.6. The molecule has 0 saturated heterocycles. The fraction of sp³-hybridized carbons (Fsp3) is 0.833. The maximum atomic E-state index is 2.89. The molecule has 0 heterocycles. The molecule has 0 aliphatic carbocycles. The quantitative estimate of drug-likeness (QED) is 0.283. The molecule has 0 N–H and O–H groups in total. The number of benzene rings is 1. The standard InChI is InChI=1S/C36H71AsSi3/c1-30(2,3)26-24-27(31(4,5)6)29(28(25-26)32(7,8)9)37-38(39(22,33(10,11)12)34(13,14)15)40(23,35(16,17)18)36(19,20)21/h24-25H,1-23H3. The van der Waals surface area contributed by atoms with E-state index < -0.39 is 21.0 Å². The molecule has 4 heteroatoms. The van der Waals surface area contributed by atoms with Crippen molar-refractivity contribution in [1.29, 1.82) is 0 Å². The van der Waals surface area contributed by atoms with Gasteiger partial charge < -0.3 is 0 Å². The molecule has 232 valence electrons. The Morgan fingerprint density at radius 3 is 0.875 bits per heavy atom. The van der Waals surface area contributed by atoms with Gasteiger partial charge in [-0.2, -0.15) is 0 Å². The second kappa shape index (κ2) is 11.1. The van der Waals surface area contributed by atoms with Crippen LogP contribution in [0.1, 0.15) is 162 Å². The van der Waals surface area contributed by atoms with Crippen LogP contribution < -0.4 is 4.35 Å². The van der Waals surface area contributed by atoms with Crippen LogP contribution in [0.5, 0.6) is 0 Å². The Kier molecular flexibility index (Phi) is 10.7. The van der Waals surface area contributed by atoms with Gasteiger partial charge in [-0.05, 0) is 0 Å². The molecule has 0 unspecified atom stereocenters. The molecule has 0 amide bonds. The molecule has 40 heavy (non-hydrogen) atoms. The fourth-order valence-corrected chi connectivity index (χ4v) is 93.3. The Balaban J connectivity index is 4.86. The maximum absolute atomic E-state index is 2.89. The monoisotopic (exact) mass is 662 g/mol. The zero-order chi connectivity index (χ0) is 32.5. The van der Waals surface area contributed by atoms with Gasteiger partial charge in [0.1, 0.15) is 0 Å². The summed E-state index contributed by atoms with van der Waals surface area (Å²) >= 11 is 0.0403. The molecule has 0 aromatic heterocycles. The van der Waals surface area contributed by atoms with Crippen LogP contribution in [-0.2, 0) is 16.2 Å². The van der Waals surface area contributed by atoms with E-state index in [1.807, 2.05) is 4.35 Å². The summed E-state index contributed by atoms with van der Waals surface area (Å²) in [5.74, 6) is -0.740. The van der Waals surface area contributed by atoms with Crippen molar-refractivity contribution in [1.82, 2.24) is 0 Å². The van der Waals surface area contributed by atoms with Gasteiger partial charge in [-0.25, -0.2) is 0 Å².